The van der Waals surface area contributed by atoms with Crippen molar-refractivity contribution in [3.05, 3.63) is 0 Å². The number of ether oxygens (including phenoxy) is 1. The first-order valence-electron chi connectivity index (χ1n) is 13.8. The maximum Gasteiger partial charge on any atom is 0.302 e. The number of rotatable bonds is 5. The molecule has 2 spiro atoms. The third-order valence-electron chi connectivity index (χ3n) is 12.9. The second-order valence-electron chi connectivity index (χ2n) is 14.0. The van der Waals surface area contributed by atoms with Crippen molar-refractivity contribution in [3.8, 4) is 0 Å². The van der Waals surface area contributed by atoms with E-state index in [4.69, 9.17) is 4.74 Å². The van der Waals surface area contributed by atoms with Crippen LogP contribution in [0.15, 0.2) is 0 Å². The third kappa shape index (κ3) is 2.73. The van der Waals surface area contributed by atoms with Crippen LogP contribution in [-0.4, -0.2) is 23.8 Å². The molecule has 0 aromatic heterocycles. The van der Waals surface area contributed by atoms with Crippen LogP contribution in [0.5, 0.6) is 0 Å². The quantitative estimate of drug-likeness (QED) is 0.476. The SMILES string of the molecule is CC(=O)O[C@H]1CC[C@]23C[C@]24CC[C@]2(C)[C@@H]([C@H](C)CCCO)CC[C@@]2(C)[C@@H]4CC[C@H]3C1(C)C. The predicted octanol–water partition coefficient (Wildman–Crippen LogP) is 6.77. The molecule has 5 aliphatic rings. The topological polar surface area (TPSA) is 46.5 Å². The molecule has 0 aromatic rings. The van der Waals surface area contributed by atoms with E-state index in [0.717, 1.165) is 30.6 Å². The van der Waals surface area contributed by atoms with E-state index in [-0.39, 0.29) is 17.5 Å². The van der Waals surface area contributed by atoms with Crippen LogP contribution in [0.2, 0.25) is 0 Å². The lowest BCUT2D eigenvalue weighted by Gasteiger charge is -2.63. The minimum atomic E-state index is -0.105. The van der Waals surface area contributed by atoms with Crippen molar-refractivity contribution in [1.82, 2.24) is 0 Å². The zero-order chi connectivity index (χ0) is 23.2. The lowest BCUT2D eigenvalue weighted by molar-refractivity contribution is -0.181. The Bertz CT molecular complexity index is 774. The van der Waals surface area contributed by atoms with E-state index in [1.807, 2.05) is 0 Å². The van der Waals surface area contributed by atoms with Gasteiger partial charge in [-0.25, -0.2) is 0 Å². The van der Waals surface area contributed by atoms with E-state index in [9.17, 15) is 9.90 Å². The fourth-order valence-electron chi connectivity index (χ4n) is 11.3. The Morgan fingerprint density at radius 1 is 0.938 bits per heavy atom. The van der Waals surface area contributed by atoms with Gasteiger partial charge >= 0.3 is 5.97 Å². The first-order chi connectivity index (χ1) is 15.0. The van der Waals surface area contributed by atoms with Crippen molar-refractivity contribution in [2.75, 3.05) is 6.61 Å². The molecule has 0 saturated heterocycles. The van der Waals surface area contributed by atoms with E-state index in [1.165, 1.54) is 57.8 Å². The van der Waals surface area contributed by atoms with Crippen LogP contribution in [-0.2, 0) is 9.53 Å². The Morgan fingerprint density at radius 2 is 1.62 bits per heavy atom. The van der Waals surface area contributed by atoms with Gasteiger partial charge < -0.3 is 9.84 Å². The van der Waals surface area contributed by atoms with E-state index in [2.05, 4.69) is 34.6 Å². The Labute approximate surface area is 196 Å². The summed E-state index contributed by atoms with van der Waals surface area (Å²) < 4.78 is 5.87. The number of aliphatic hydroxyl groups is 1. The molecular weight excluding hydrogens is 396 g/mol. The molecule has 0 aromatic carbocycles. The van der Waals surface area contributed by atoms with Gasteiger partial charge in [-0.2, -0.15) is 0 Å². The second-order valence-corrected chi connectivity index (χ2v) is 14.0. The Balaban J connectivity index is 1.42. The first kappa shape index (κ1) is 23.2. The predicted molar refractivity (Wildman–Crippen MR) is 128 cm³/mol. The van der Waals surface area contributed by atoms with Crippen LogP contribution in [0.4, 0.5) is 0 Å². The van der Waals surface area contributed by atoms with E-state index in [1.54, 1.807) is 6.92 Å². The van der Waals surface area contributed by atoms with Gasteiger partial charge in [-0.05, 0) is 116 Å². The molecule has 3 nitrogen and oxygen atoms in total. The van der Waals surface area contributed by atoms with Gasteiger partial charge in [0, 0.05) is 18.9 Å². The van der Waals surface area contributed by atoms with Crippen molar-refractivity contribution in [3.63, 3.8) is 0 Å². The number of hydrogen-bond donors (Lipinski definition) is 1. The standard InChI is InChI=1S/C29H48O3/c1-19(8-7-17-30)21-11-13-27(6)23-10-9-22-25(3,4)24(32-20(2)31)12-14-28(22)18-29(23,28)16-15-26(21,27)5/h19,21-24,30H,7-18H2,1-6H3/t19-,21-,22+,23+,24+,26-,27+,28-,29+/m1/s1. The minimum Gasteiger partial charge on any atom is -0.462 e. The van der Waals surface area contributed by atoms with Crippen molar-refractivity contribution in [1.29, 1.82) is 0 Å². The highest BCUT2D eigenvalue weighted by atomic mass is 16.5. The van der Waals surface area contributed by atoms with Gasteiger partial charge in [0.25, 0.3) is 0 Å². The monoisotopic (exact) mass is 444 g/mol. The summed E-state index contributed by atoms with van der Waals surface area (Å²) in [5.41, 5.74) is 2.09. The van der Waals surface area contributed by atoms with Gasteiger partial charge in [-0.3, -0.25) is 4.79 Å². The van der Waals surface area contributed by atoms with Crippen molar-refractivity contribution < 1.29 is 14.6 Å². The van der Waals surface area contributed by atoms with Gasteiger partial charge in [0.05, 0.1) is 0 Å². The zero-order valence-corrected chi connectivity index (χ0v) is 21.6. The Morgan fingerprint density at radius 3 is 2.31 bits per heavy atom. The molecule has 1 N–H and O–H groups in total. The molecule has 0 amide bonds. The summed E-state index contributed by atoms with van der Waals surface area (Å²) in [6.07, 6.45) is 14.4. The molecule has 0 heterocycles. The molecular formula is C29H48O3. The summed E-state index contributed by atoms with van der Waals surface area (Å²) in [7, 11) is 0. The Kier molecular flexibility index (Phi) is 5.23. The number of carbonyl (C=O) groups excluding carboxylic acids is 1. The van der Waals surface area contributed by atoms with Gasteiger partial charge in [-0.15, -0.1) is 0 Å². The molecule has 32 heavy (non-hydrogen) atoms. The maximum atomic E-state index is 11.8. The van der Waals surface area contributed by atoms with E-state index >= 15 is 0 Å². The van der Waals surface area contributed by atoms with Crippen molar-refractivity contribution in [2.45, 2.75) is 118 Å². The molecule has 5 saturated carbocycles. The maximum absolute atomic E-state index is 11.8. The molecule has 182 valence electrons. The van der Waals surface area contributed by atoms with E-state index < -0.39 is 0 Å². The van der Waals surface area contributed by atoms with Gasteiger partial charge in [0.1, 0.15) is 6.10 Å². The summed E-state index contributed by atoms with van der Waals surface area (Å²) in [5, 5.41) is 9.39. The largest absolute Gasteiger partial charge is 0.462 e. The summed E-state index contributed by atoms with van der Waals surface area (Å²) in [6.45, 7) is 14.6. The third-order valence-corrected chi connectivity index (χ3v) is 12.9. The summed E-state index contributed by atoms with van der Waals surface area (Å²) >= 11 is 0. The summed E-state index contributed by atoms with van der Waals surface area (Å²) in [5.74, 6) is 3.02. The average molecular weight is 445 g/mol. The molecule has 9 atom stereocenters. The smallest absolute Gasteiger partial charge is 0.302 e. The number of aliphatic hydroxyl groups excluding tert-OH is 1. The normalized spacial score (nSPS) is 51.6. The van der Waals surface area contributed by atoms with Gasteiger partial charge in [0.15, 0.2) is 0 Å². The number of carbonyl (C=O) groups is 1. The highest BCUT2D eigenvalue weighted by Crippen LogP contribution is 2.89. The van der Waals surface area contributed by atoms with Crippen LogP contribution >= 0.6 is 0 Å². The highest BCUT2D eigenvalue weighted by Gasteiger charge is 2.82. The zero-order valence-electron chi connectivity index (χ0n) is 21.6. The Hall–Kier alpha value is -0.570. The fourth-order valence-corrected chi connectivity index (χ4v) is 11.3. The minimum absolute atomic E-state index is 0.0943. The molecule has 5 fully saturated rings. The summed E-state index contributed by atoms with van der Waals surface area (Å²) in [4.78, 5) is 11.8. The average Bonchev–Trinajstić information content (AvgIpc) is 3.31. The van der Waals surface area contributed by atoms with Crippen LogP contribution < -0.4 is 0 Å². The first-order valence-corrected chi connectivity index (χ1v) is 13.8. The van der Waals surface area contributed by atoms with Crippen molar-refractivity contribution >= 4 is 5.97 Å². The summed E-state index contributed by atoms with van der Waals surface area (Å²) in [6, 6.07) is 0. The van der Waals surface area contributed by atoms with Crippen molar-refractivity contribution in [2.24, 2.45) is 50.7 Å². The van der Waals surface area contributed by atoms with Crippen LogP contribution in [0.25, 0.3) is 0 Å². The molecule has 5 aliphatic carbocycles. The van der Waals surface area contributed by atoms with E-state index in [0.29, 0.717) is 34.2 Å². The van der Waals surface area contributed by atoms with Crippen LogP contribution in [0, 0.1) is 50.7 Å². The lowest BCUT2D eigenvalue weighted by Crippen LogP contribution is -2.58. The molecule has 5 rings (SSSR count). The molecule has 3 heteroatoms. The van der Waals surface area contributed by atoms with Gasteiger partial charge in [0.2, 0.25) is 0 Å². The molecule has 0 radical (unpaired) electrons. The number of fused-ring (bicyclic) bond motifs is 2. The second kappa shape index (κ2) is 7.22. The van der Waals surface area contributed by atoms with Crippen LogP contribution in [0.1, 0.15) is 112 Å². The molecule has 0 unspecified atom stereocenters. The molecule has 0 aliphatic heterocycles. The highest BCUT2D eigenvalue weighted by molar-refractivity contribution is 5.66. The van der Waals surface area contributed by atoms with Crippen LogP contribution in [0.3, 0.4) is 0 Å². The lowest BCUT2D eigenvalue weighted by atomic mass is 9.41. The number of hydrogen-bond acceptors (Lipinski definition) is 3. The molecule has 0 bridgehead atoms. The number of esters is 1. The fraction of sp³-hybridized carbons (Fsp3) is 0.966. The van der Waals surface area contributed by atoms with Gasteiger partial charge in [-0.1, -0.05) is 34.6 Å².